The first-order valence-corrected chi connectivity index (χ1v) is 9.72. The number of methoxy groups -OCH3 is 1. The fourth-order valence-corrected chi connectivity index (χ4v) is 3.34. The van der Waals surface area contributed by atoms with Crippen molar-refractivity contribution in [3.8, 4) is 5.69 Å². The number of para-hydroxylation sites is 1. The van der Waals surface area contributed by atoms with Gasteiger partial charge in [-0.15, -0.1) is 0 Å². The zero-order valence-electron chi connectivity index (χ0n) is 17.9. The monoisotopic (exact) mass is 420 g/mol. The van der Waals surface area contributed by atoms with Crippen molar-refractivity contribution in [2.24, 2.45) is 0 Å². The second kappa shape index (κ2) is 9.30. The standard InChI is InChI=1S/C24H24N2O5/c1-15-9-11-18(12-10-15)26-16(2)13-20(17(26)3)24(29)31-14-22(27)25-21-8-6-5-7-19(21)23(28)30-4/h5-13H,14H2,1-4H3,(H,25,27). The smallest absolute Gasteiger partial charge is 0.340 e. The number of benzene rings is 2. The van der Waals surface area contributed by atoms with Crippen LogP contribution in [0.3, 0.4) is 0 Å². The molecule has 0 aliphatic heterocycles. The number of nitrogens with zero attached hydrogens (tertiary/aromatic N) is 1. The zero-order valence-corrected chi connectivity index (χ0v) is 17.9. The van der Waals surface area contributed by atoms with E-state index in [1.165, 1.54) is 13.2 Å². The molecule has 0 spiro atoms. The molecule has 7 heteroatoms. The molecule has 3 rings (SSSR count). The highest BCUT2D eigenvalue weighted by atomic mass is 16.5. The van der Waals surface area contributed by atoms with Crippen LogP contribution >= 0.6 is 0 Å². The first kappa shape index (κ1) is 21.8. The number of carbonyl (C=O) groups is 3. The van der Waals surface area contributed by atoms with Crippen molar-refractivity contribution in [1.29, 1.82) is 0 Å². The lowest BCUT2D eigenvalue weighted by Gasteiger charge is -2.11. The number of amides is 1. The Morgan fingerprint density at radius 1 is 0.903 bits per heavy atom. The van der Waals surface area contributed by atoms with Crippen molar-refractivity contribution < 1.29 is 23.9 Å². The maximum Gasteiger partial charge on any atom is 0.340 e. The highest BCUT2D eigenvalue weighted by molar-refractivity contribution is 6.02. The summed E-state index contributed by atoms with van der Waals surface area (Å²) in [6.45, 7) is 5.26. The Balaban J connectivity index is 1.69. The number of nitrogens with one attached hydrogen (secondary N) is 1. The van der Waals surface area contributed by atoms with Crippen molar-refractivity contribution in [3.63, 3.8) is 0 Å². The molecular formula is C24H24N2O5. The molecule has 0 saturated heterocycles. The van der Waals surface area contributed by atoms with Gasteiger partial charge in [-0.3, -0.25) is 4.79 Å². The molecular weight excluding hydrogens is 396 g/mol. The molecule has 1 N–H and O–H groups in total. The number of hydrogen-bond donors (Lipinski definition) is 1. The lowest BCUT2D eigenvalue weighted by molar-refractivity contribution is -0.119. The van der Waals surface area contributed by atoms with Crippen LogP contribution in [0.2, 0.25) is 0 Å². The Hall–Kier alpha value is -3.87. The third-order valence-electron chi connectivity index (χ3n) is 4.88. The van der Waals surface area contributed by atoms with Crippen LogP contribution in [0, 0.1) is 20.8 Å². The summed E-state index contributed by atoms with van der Waals surface area (Å²) in [5, 5.41) is 2.57. The number of anilines is 1. The Kier molecular flexibility index (Phi) is 6.55. The van der Waals surface area contributed by atoms with E-state index in [9.17, 15) is 14.4 Å². The van der Waals surface area contributed by atoms with E-state index in [0.717, 1.165) is 22.6 Å². The minimum Gasteiger partial charge on any atom is -0.465 e. The summed E-state index contributed by atoms with van der Waals surface area (Å²) in [5.74, 6) is -1.73. The Labute approximate surface area is 180 Å². The molecule has 0 atom stereocenters. The van der Waals surface area contributed by atoms with Gasteiger partial charge in [0.2, 0.25) is 0 Å². The Morgan fingerprint density at radius 2 is 1.58 bits per heavy atom. The molecule has 2 aromatic carbocycles. The third-order valence-corrected chi connectivity index (χ3v) is 4.88. The summed E-state index contributed by atoms with van der Waals surface area (Å²) in [7, 11) is 1.26. The largest absolute Gasteiger partial charge is 0.465 e. The maximum atomic E-state index is 12.6. The lowest BCUT2D eigenvalue weighted by atomic mass is 10.2. The van der Waals surface area contributed by atoms with E-state index in [1.54, 1.807) is 24.3 Å². The summed E-state index contributed by atoms with van der Waals surface area (Å²) in [6.07, 6.45) is 0. The van der Waals surface area contributed by atoms with Crippen LogP contribution in [0.25, 0.3) is 5.69 Å². The molecule has 0 fully saturated rings. The average Bonchev–Trinajstić information content (AvgIpc) is 3.06. The van der Waals surface area contributed by atoms with E-state index in [0.29, 0.717) is 5.56 Å². The lowest BCUT2D eigenvalue weighted by Crippen LogP contribution is -2.22. The SMILES string of the molecule is COC(=O)c1ccccc1NC(=O)COC(=O)c1cc(C)n(-c2ccc(C)cc2)c1C. The van der Waals surface area contributed by atoms with Gasteiger partial charge in [-0.05, 0) is 51.1 Å². The zero-order chi connectivity index (χ0) is 22.5. The quantitative estimate of drug-likeness (QED) is 0.610. The number of rotatable bonds is 6. The van der Waals surface area contributed by atoms with E-state index in [1.807, 2.05) is 49.6 Å². The summed E-state index contributed by atoms with van der Waals surface area (Å²) in [5.41, 5.74) is 4.58. The predicted molar refractivity (Wildman–Crippen MR) is 117 cm³/mol. The molecule has 31 heavy (non-hydrogen) atoms. The number of carbonyl (C=O) groups excluding carboxylic acids is 3. The van der Waals surface area contributed by atoms with E-state index in [-0.39, 0.29) is 11.3 Å². The normalized spacial score (nSPS) is 10.5. The number of esters is 2. The molecule has 0 unspecified atom stereocenters. The molecule has 7 nitrogen and oxygen atoms in total. The molecule has 0 radical (unpaired) electrons. The van der Waals surface area contributed by atoms with Crippen molar-refractivity contribution in [3.05, 3.63) is 82.7 Å². The van der Waals surface area contributed by atoms with E-state index < -0.39 is 24.5 Å². The van der Waals surface area contributed by atoms with Crippen molar-refractivity contribution >= 4 is 23.5 Å². The Morgan fingerprint density at radius 3 is 2.26 bits per heavy atom. The minimum absolute atomic E-state index is 0.214. The Bertz CT molecular complexity index is 1130. The number of aromatic nitrogens is 1. The fourth-order valence-electron chi connectivity index (χ4n) is 3.34. The number of hydrogen-bond acceptors (Lipinski definition) is 5. The molecule has 1 heterocycles. The van der Waals surface area contributed by atoms with Crippen LogP contribution in [0.15, 0.2) is 54.6 Å². The van der Waals surface area contributed by atoms with Gasteiger partial charge < -0.3 is 19.4 Å². The molecule has 3 aromatic rings. The van der Waals surface area contributed by atoms with Gasteiger partial charge in [0.15, 0.2) is 6.61 Å². The first-order valence-electron chi connectivity index (χ1n) is 9.72. The van der Waals surface area contributed by atoms with Crippen LogP contribution in [0.4, 0.5) is 5.69 Å². The van der Waals surface area contributed by atoms with Crippen LogP contribution < -0.4 is 5.32 Å². The van der Waals surface area contributed by atoms with E-state index >= 15 is 0 Å². The van der Waals surface area contributed by atoms with E-state index in [4.69, 9.17) is 9.47 Å². The summed E-state index contributed by atoms with van der Waals surface area (Å²) in [4.78, 5) is 36.7. The van der Waals surface area contributed by atoms with Crippen LogP contribution in [0.1, 0.15) is 37.7 Å². The molecule has 1 aromatic heterocycles. The average molecular weight is 420 g/mol. The summed E-state index contributed by atoms with van der Waals surface area (Å²) in [6, 6.07) is 16.1. The third kappa shape index (κ3) is 4.83. The molecule has 0 aliphatic rings. The second-order valence-electron chi connectivity index (χ2n) is 7.12. The first-order chi connectivity index (χ1) is 14.8. The van der Waals surface area contributed by atoms with Gasteiger partial charge in [-0.25, -0.2) is 9.59 Å². The van der Waals surface area contributed by atoms with E-state index in [2.05, 4.69) is 5.32 Å². The minimum atomic E-state index is -0.595. The molecule has 0 bridgehead atoms. The highest BCUT2D eigenvalue weighted by Crippen LogP contribution is 2.22. The summed E-state index contributed by atoms with van der Waals surface area (Å²) >= 11 is 0. The van der Waals surface area contributed by atoms with Gasteiger partial charge in [0.05, 0.1) is 23.9 Å². The molecule has 1 amide bonds. The van der Waals surface area contributed by atoms with Crippen molar-refractivity contribution in [2.75, 3.05) is 19.0 Å². The van der Waals surface area contributed by atoms with Crippen LogP contribution in [-0.2, 0) is 14.3 Å². The van der Waals surface area contributed by atoms with Gasteiger partial charge in [0.1, 0.15) is 0 Å². The number of aryl methyl sites for hydroxylation is 2. The second-order valence-corrected chi connectivity index (χ2v) is 7.12. The topological polar surface area (TPSA) is 86.6 Å². The van der Waals surface area contributed by atoms with Gasteiger partial charge in [0, 0.05) is 17.1 Å². The molecule has 0 saturated carbocycles. The van der Waals surface area contributed by atoms with Gasteiger partial charge in [-0.2, -0.15) is 0 Å². The fraction of sp³-hybridized carbons (Fsp3) is 0.208. The summed E-state index contributed by atoms with van der Waals surface area (Å²) < 4.78 is 11.9. The maximum absolute atomic E-state index is 12.6. The predicted octanol–water partition coefficient (Wildman–Crippen LogP) is 3.98. The molecule has 160 valence electrons. The number of ether oxygens (including phenoxy) is 2. The van der Waals surface area contributed by atoms with Crippen LogP contribution in [0.5, 0.6) is 0 Å². The molecule has 0 aliphatic carbocycles. The van der Waals surface area contributed by atoms with Gasteiger partial charge >= 0.3 is 11.9 Å². The highest BCUT2D eigenvalue weighted by Gasteiger charge is 2.20. The van der Waals surface area contributed by atoms with Crippen molar-refractivity contribution in [2.45, 2.75) is 20.8 Å². The van der Waals surface area contributed by atoms with Gasteiger partial charge in [-0.1, -0.05) is 29.8 Å². The van der Waals surface area contributed by atoms with Crippen LogP contribution in [-0.4, -0.2) is 36.1 Å². The van der Waals surface area contributed by atoms with Crippen molar-refractivity contribution in [1.82, 2.24) is 4.57 Å². The van der Waals surface area contributed by atoms with Gasteiger partial charge in [0.25, 0.3) is 5.91 Å².